The lowest BCUT2D eigenvalue weighted by Crippen LogP contribution is -2.60. The van der Waals surface area contributed by atoms with Crippen LogP contribution < -0.4 is 5.32 Å². The van der Waals surface area contributed by atoms with E-state index in [0.29, 0.717) is 0 Å². The number of hydrogen-bond donors (Lipinski definition) is 1. The molecule has 0 bridgehead atoms. The summed E-state index contributed by atoms with van der Waals surface area (Å²) in [4.78, 5) is 2.35. The molecule has 0 heterocycles. The minimum absolute atomic E-state index is 0.108. The highest BCUT2D eigenvalue weighted by Gasteiger charge is 2.41. The molecule has 0 radical (unpaired) electrons. The quantitative estimate of drug-likeness (QED) is 0.858. The van der Waals surface area contributed by atoms with Crippen LogP contribution in [0, 0.1) is 5.82 Å². The zero-order valence-electron chi connectivity index (χ0n) is 13.3. The summed E-state index contributed by atoms with van der Waals surface area (Å²) in [5.41, 5.74) is 0.914. The van der Waals surface area contributed by atoms with E-state index >= 15 is 0 Å². The van der Waals surface area contributed by atoms with Crippen LogP contribution in [0.4, 0.5) is 4.39 Å². The molecule has 1 aromatic rings. The van der Waals surface area contributed by atoms with Gasteiger partial charge in [-0.15, -0.1) is 0 Å². The third kappa shape index (κ3) is 3.66. The highest BCUT2D eigenvalue weighted by Crippen LogP contribution is 2.36. The second-order valence-electron chi connectivity index (χ2n) is 6.34. The first-order valence-corrected chi connectivity index (χ1v) is 8.57. The Morgan fingerprint density at radius 3 is 2.52 bits per heavy atom. The van der Waals surface area contributed by atoms with Crippen LogP contribution in [0.3, 0.4) is 0 Å². The summed E-state index contributed by atoms with van der Waals surface area (Å²) < 4.78 is 15.0. The number of nitrogens with zero attached hydrogens (tertiary/aromatic N) is 1. The van der Waals surface area contributed by atoms with Crippen molar-refractivity contribution >= 4 is 15.9 Å². The molecule has 0 aromatic heterocycles. The molecular weight excluding hydrogens is 331 g/mol. The van der Waals surface area contributed by atoms with Gasteiger partial charge in [0.25, 0.3) is 0 Å². The Balaban J connectivity index is 2.26. The topological polar surface area (TPSA) is 15.3 Å². The first-order chi connectivity index (χ1) is 9.99. The second-order valence-corrected chi connectivity index (χ2v) is 7.26. The smallest absolute Gasteiger partial charge is 0.126 e. The van der Waals surface area contributed by atoms with Crippen molar-refractivity contribution in [3.63, 3.8) is 0 Å². The summed E-state index contributed by atoms with van der Waals surface area (Å²) in [5.74, 6) is -0.108. The number of likely N-dealkylation sites (N-methyl/N-ethyl adjacent to an activating group) is 2. The van der Waals surface area contributed by atoms with Gasteiger partial charge >= 0.3 is 0 Å². The molecule has 0 amide bonds. The van der Waals surface area contributed by atoms with Gasteiger partial charge in [-0.05, 0) is 64.2 Å². The Morgan fingerprint density at radius 1 is 1.29 bits per heavy atom. The second kappa shape index (κ2) is 7.21. The first-order valence-electron chi connectivity index (χ1n) is 7.78. The molecule has 0 saturated heterocycles. The van der Waals surface area contributed by atoms with Crippen LogP contribution >= 0.6 is 15.9 Å². The van der Waals surface area contributed by atoms with Gasteiger partial charge in [0.2, 0.25) is 0 Å². The zero-order valence-corrected chi connectivity index (χ0v) is 14.8. The molecule has 1 unspecified atom stereocenters. The summed E-state index contributed by atoms with van der Waals surface area (Å²) in [6.45, 7) is 0. The van der Waals surface area contributed by atoms with Gasteiger partial charge in [-0.25, -0.2) is 4.39 Å². The molecular formula is C17H26BrFN2. The zero-order chi connectivity index (χ0) is 15.5. The molecule has 1 saturated carbocycles. The van der Waals surface area contributed by atoms with Gasteiger partial charge in [-0.3, -0.25) is 0 Å². The lowest BCUT2D eigenvalue weighted by atomic mass is 9.73. The van der Waals surface area contributed by atoms with E-state index in [2.05, 4.69) is 40.2 Å². The average Bonchev–Trinajstić information content (AvgIpc) is 2.48. The van der Waals surface area contributed by atoms with E-state index in [-0.39, 0.29) is 17.4 Å². The molecule has 0 aliphatic heterocycles. The predicted molar refractivity (Wildman–Crippen MR) is 90.2 cm³/mol. The molecule has 1 aromatic carbocycles. The number of halogens is 2. The normalized spacial score (nSPS) is 19.7. The van der Waals surface area contributed by atoms with Crippen LogP contribution in [0.5, 0.6) is 0 Å². The fourth-order valence-electron chi connectivity index (χ4n) is 3.75. The van der Waals surface area contributed by atoms with Crippen LogP contribution in [0.25, 0.3) is 0 Å². The molecule has 1 fully saturated rings. The third-order valence-corrected chi connectivity index (χ3v) is 5.53. The van der Waals surface area contributed by atoms with Crippen molar-refractivity contribution in [3.8, 4) is 0 Å². The van der Waals surface area contributed by atoms with Gasteiger partial charge in [-0.2, -0.15) is 0 Å². The van der Waals surface area contributed by atoms with Gasteiger partial charge < -0.3 is 10.2 Å². The molecule has 1 N–H and O–H groups in total. The molecule has 2 nitrogen and oxygen atoms in total. The van der Waals surface area contributed by atoms with E-state index in [1.807, 2.05) is 13.1 Å². The van der Waals surface area contributed by atoms with Gasteiger partial charge in [0.1, 0.15) is 5.82 Å². The number of rotatable bonds is 5. The fraction of sp³-hybridized carbons (Fsp3) is 0.647. The fourth-order valence-corrected chi connectivity index (χ4v) is 4.16. The van der Waals surface area contributed by atoms with E-state index in [1.54, 1.807) is 12.1 Å². The molecule has 0 spiro atoms. The number of hydrogen-bond acceptors (Lipinski definition) is 2. The Kier molecular flexibility index (Phi) is 5.81. The van der Waals surface area contributed by atoms with E-state index in [9.17, 15) is 4.39 Å². The van der Waals surface area contributed by atoms with Crippen molar-refractivity contribution in [2.45, 2.75) is 50.1 Å². The van der Waals surface area contributed by atoms with Crippen molar-refractivity contribution in [1.82, 2.24) is 10.2 Å². The summed E-state index contributed by atoms with van der Waals surface area (Å²) in [6.07, 6.45) is 6.92. The van der Waals surface area contributed by atoms with Crippen LogP contribution in [0.15, 0.2) is 22.7 Å². The van der Waals surface area contributed by atoms with E-state index in [1.165, 1.54) is 32.1 Å². The van der Waals surface area contributed by atoms with Gasteiger partial charge in [0.05, 0.1) is 0 Å². The lowest BCUT2D eigenvalue weighted by Gasteiger charge is -2.48. The molecule has 21 heavy (non-hydrogen) atoms. The molecule has 1 atom stereocenters. The minimum atomic E-state index is -0.108. The summed E-state index contributed by atoms with van der Waals surface area (Å²) in [6, 6.07) is 5.48. The maximum absolute atomic E-state index is 14.1. The Labute approximate surface area is 136 Å². The Bertz CT molecular complexity index is 470. The van der Waals surface area contributed by atoms with Gasteiger partial charge in [0, 0.05) is 16.1 Å². The summed E-state index contributed by atoms with van der Waals surface area (Å²) in [5, 5.41) is 3.47. The third-order valence-electron chi connectivity index (χ3n) is 5.04. The summed E-state index contributed by atoms with van der Waals surface area (Å²) in [7, 11) is 6.32. The Morgan fingerprint density at radius 2 is 1.95 bits per heavy atom. The highest BCUT2D eigenvalue weighted by atomic mass is 79.9. The molecule has 4 heteroatoms. The standard InChI is InChI=1S/C17H26BrFN2/c1-20-16(12-13-11-14(18)7-8-15(13)19)17(21(2)3)9-5-4-6-10-17/h7-8,11,16,20H,4-6,9-10,12H2,1-3H3. The van der Waals surface area contributed by atoms with Crippen LogP contribution in [-0.2, 0) is 6.42 Å². The maximum atomic E-state index is 14.1. The number of benzene rings is 1. The largest absolute Gasteiger partial charge is 0.315 e. The first kappa shape index (κ1) is 16.9. The van der Waals surface area contributed by atoms with Crippen molar-refractivity contribution in [2.75, 3.05) is 21.1 Å². The van der Waals surface area contributed by atoms with Crippen molar-refractivity contribution < 1.29 is 4.39 Å². The molecule has 1 aliphatic rings. The van der Waals surface area contributed by atoms with Crippen LogP contribution in [0.1, 0.15) is 37.7 Å². The van der Waals surface area contributed by atoms with Gasteiger partial charge in [-0.1, -0.05) is 35.2 Å². The maximum Gasteiger partial charge on any atom is 0.126 e. The van der Waals surface area contributed by atoms with Gasteiger partial charge in [0.15, 0.2) is 0 Å². The van der Waals surface area contributed by atoms with E-state index < -0.39 is 0 Å². The van der Waals surface area contributed by atoms with Crippen molar-refractivity contribution in [2.24, 2.45) is 0 Å². The molecule has 2 rings (SSSR count). The van der Waals surface area contributed by atoms with Crippen molar-refractivity contribution in [3.05, 3.63) is 34.1 Å². The Hall–Kier alpha value is -0.450. The van der Waals surface area contributed by atoms with E-state index in [4.69, 9.17) is 0 Å². The monoisotopic (exact) mass is 356 g/mol. The lowest BCUT2D eigenvalue weighted by molar-refractivity contribution is 0.0595. The predicted octanol–water partition coefficient (Wildman–Crippen LogP) is 3.98. The molecule has 1 aliphatic carbocycles. The highest BCUT2D eigenvalue weighted by molar-refractivity contribution is 9.10. The number of nitrogens with one attached hydrogen (secondary N) is 1. The molecule has 118 valence electrons. The SMILES string of the molecule is CNC(Cc1cc(Br)ccc1F)C1(N(C)C)CCCCC1. The van der Waals surface area contributed by atoms with Crippen LogP contribution in [0.2, 0.25) is 0 Å². The minimum Gasteiger partial charge on any atom is -0.315 e. The summed E-state index contributed by atoms with van der Waals surface area (Å²) >= 11 is 3.45. The van der Waals surface area contributed by atoms with E-state index in [0.717, 1.165) is 16.5 Å². The van der Waals surface area contributed by atoms with Crippen molar-refractivity contribution in [1.29, 1.82) is 0 Å². The van der Waals surface area contributed by atoms with Crippen LogP contribution in [-0.4, -0.2) is 37.6 Å². The average molecular weight is 357 g/mol.